The number of aliphatic hydroxyl groups excluding tert-OH is 1. The monoisotopic (exact) mass is 346 g/mol. The molecule has 0 spiro atoms. The average Bonchev–Trinajstić information content (AvgIpc) is 2.72. The van der Waals surface area contributed by atoms with E-state index in [0.29, 0.717) is 6.54 Å². The van der Waals surface area contributed by atoms with Gasteiger partial charge in [-0.1, -0.05) is 72.8 Å². The van der Waals surface area contributed by atoms with E-state index >= 15 is 0 Å². The van der Waals surface area contributed by atoms with E-state index in [9.17, 15) is 5.11 Å². The zero-order valence-electron chi connectivity index (χ0n) is 14.9. The van der Waals surface area contributed by atoms with E-state index in [0.717, 1.165) is 30.8 Å². The van der Waals surface area contributed by atoms with Crippen LogP contribution >= 0.6 is 0 Å². The van der Waals surface area contributed by atoms with Crippen LogP contribution in [-0.4, -0.2) is 18.2 Å². The second kappa shape index (κ2) is 9.76. The van der Waals surface area contributed by atoms with Crippen LogP contribution in [0.4, 0.5) is 5.69 Å². The summed E-state index contributed by atoms with van der Waals surface area (Å²) in [7, 11) is 0. The van der Waals surface area contributed by atoms with E-state index in [1.54, 1.807) is 0 Å². The lowest BCUT2D eigenvalue weighted by Gasteiger charge is -2.13. The van der Waals surface area contributed by atoms with Gasteiger partial charge in [-0.05, 0) is 41.8 Å². The van der Waals surface area contributed by atoms with Crippen molar-refractivity contribution in [3.05, 3.63) is 102 Å². The zero-order chi connectivity index (χ0) is 18.0. The molecule has 134 valence electrons. The molecule has 3 aromatic rings. The Bertz CT molecular complexity index is 757. The number of nitrogens with one attached hydrogen (secondary N) is 2. The average molecular weight is 346 g/mol. The third kappa shape index (κ3) is 5.73. The molecule has 1 atom stereocenters. The standard InChI is InChI=1S/C23H26N2O/c26-23(21-9-5-2-6-10-21)18-25-22-13-11-19(12-14-22)15-16-24-17-20-7-3-1-4-8-20/h1-14,23-26H,15-18H2. The van der Waals surface area contributed by atoms with Crippen molar-refractivity contribution in [2.45, 2.75) is 19.1 Å². The molecule has 0 saturated heterocycles. The van der Waals surface area contributed by atoms with Gasteiger partial charge >= 0.3 is 0 Å². The maximum absolute atomic E-state index is 10.2. The van der Waals surface area contributed by atoms with E-state index < -0.39 is 6.10 Å². The fourth-order valence-electron chi connectivity index (χ4n) is 2.86. The van der Waals surface area contributed by atoms with Gasteiger partial charge in [-0.15, -0.1) is 0 Å². The van der Waals surface area contributed by atoms with Crippen molar-refractivity contribution in [1.82, 2.24) is 5.32 Å². The second-order valence-electron chi connectivity index (χ2n) is 6.42. The van der Waals surface area contributed by atoms with Gasteiger partial charge in [0, 0.05) is 18.8 Å². The van der Waals surface area contributed by atoms with E-state index in [1.165, 1.54) is 11.1 Å². The first kappa shape index (κ1) is 18.2. The molecule has 3 nitrogen and oxygen atoms in total. The molecule has 3 N–H and O–H groups in total. The van der Waals surface area contributed by atoms with Crippen molar-refractivity contribution in [3.8, 4) is 0 Å². The van der Waals surface area contributed by atoms with Crippen LogP contribution in [0.2, 0.25) is 0 Å². The Labute approximate surface area is 155 Å². The number of rotatable bonds is 9. The Morgan fingerprint density at radius 1 is 0.731 bits per heavy atom. The maximum Gasteiger partial charge on any atom is 0.0962 e. The summed E-state index contributed by atoms with van der Waals surface area (Å²) in [5.74, 6) is 0. The van der Waals surface area contributed by atoms with Gasteiger partial charge in [0.15, 0.2) is 0 Å². The number of hydrogen-bond acceptors (Lipinski definition) is 3. The Kier molecular flexibility index (Phi) is 6.82. The first-order valence-electron chi connectivity index (χ1n) is 9.12. The molecule has 3 aromatic carbocycles. The van der Waals surface area contributed by atoms with Crippen molar-refractivity contribution in [2.24, 2.45) is 0 Å². The molecule has 3 heteroatoms. The fraction of sp³-hybridized carbons (Fsp3) is 0.217. The highest BCUT2D eigenvalue weighted by atomic mass is 16.3. The van der Waals surface area contributed by atoms with Crippen LogP contribution in [-0.2, 0) is 13.0 Å². The molecule has 3 rings (SSSR count). The highest BCUT2D eigenvalue weighted by Gasteiger charge is 2.06. The van der Waals surface area contributed by atoms with Gasteiger partial charge in [0.2, 0.25) is 0 Å². The van der Waals surface area contributed by atoms with E-state index in [2.05, 4.69) is 59.2 Å². The minimum Gasteiger partial charge on any atom is -0.387 e. The molecule has 0 bridgehead atoms. The lowest BCUT2D eigenvalue weighted by Crippen LogP contribution is -2.16. The highest BCUT2D eigenvalue weighted by Crippen LogP contribution is 2.15. The number of hydrogen-bond donors (Lipinski definition) is 3. The lowest BCUT2D eigenvalue weighted by molar-refractivity contribution is 0.191. The van der Waals surface area contributed by atoms with Crippen molar-refractivity contribution in [1.29, 1.82) is 0 Å². The second-order valence-corrected chi connectivity index (χ2v) is 6.42. The first-order chi connectivity index (χ1) is 12.8. The summed E-state index contributed by atoms with van der Waals surface area (Å²) in [4.78, 5) is 0. The number of aliphatic hydroxyl groups is 1. The third-order valence-corrected chi connectivity index (χ3v) is 4.40. The molecule has 0 radical (unpaired) electrons. The van der Waals surface area contributed by atoms with Gasteiger partial charge in [-0.2, -0.15) is 0 Å². The smallest absolute Gasteiger partial charge is 0.0962 e. The Hall–Kier alpha value is -2.62. The van der Waals surface area contributed by atoms with Crippen LogP contribution in [0.15, 0.2) is 84.9 Å². The van der Waals surface area contributed by atoms with Crippen molar-refractivity contribution in [3.63, 3.8) is 0 Å². The van der Waals surface area contributed by atoms with Crippen LogP contribution in [0, 0.1) is 0 Å². The Morgan fingerprint density at radius 3 is 2.08 bits per heavy atom. The molecule has 0 amide bonds. The summed E-state index contributed by atoms with van der Waals surface area (Å²) in [6.45, 7) is 2.36. The van der Waals surface area contributed by atoms with Crippen LogP contribution < -0.4 is 10.6 Å². The molecule has 0 aromatic heterocycles. The van der Waals surface area contributed by atoms with Gasteiger partial charge < -0.3 is 15.7 Å². The predicted molar refractivity (Wildman–Crippen MR) is 108 cm³/mol. The minimum absolute atomic E-state index is 0.502. The number of anilines is 1. The summed E-state index contributed by atoms with van der Waals surface area (Å²) in [5, 5.41) is 17.0. The normalized spacial score (nSPS) is 11.9. The maximum atomic E-state index is 10.2. The molecular weight excluding hydrogens is 320 g/mol. The number of benzene rings is 3. The van der Waals surface area contributed by atoms with Gasteiger partial charge in [0.05, 0.1) is 6.10 Å². The summed E-state index contributed by atoms with van der Waals surface area (Å²) in [6.07, 6.45) is 0.498. The molecular formula is C23H26N2O. The van der Waals surface area contributed by atoms with E-state index in [1.807, 2.05) is 36.4 Å². The Morgan fingerprint density at radius 2 is 1.38 bits per heavy atom. The van der Waals surface area contributed by atoms with Crippen LogP contribution in [0.3, 0.4) is 0 Å². The van der Waals surface area contributed by atoms with E-state index in [-0.39, 0.29) is 0 Å². The van der Waals surface area contributed by atoms with Crippen LogP contribution in [0.25, 0.3) is 0 Å². The third-order valence-electron chi connectivity index (χ3n) is 4.40. The molecule has 1 unspecified atom stereocenters. The minimum atomic E-state index is -0.502. The van der Waals surface area contributed by atoms with Gasteiger partial charge in [-0.25, -0.2) is 0 Å². The van der Waals surface area contributed by atoms with Gasteiger partial charge in [0.25, 0.3) is 0 Å². The van der Waals surface area contributed by atoms with Crippen LogP contribution in [0.5, 0.6) is 0 Å². The van der Waals surface area contributed by atoms with Crippen LogP contribution in [0.1, 0.15) is 22.8 Å². The largest absolute Gasteiger partial charge is 0.387 e. The molecule has 0 aliphatic carbocycles. The lowest BCUT2D eigenvalue weighted by atomic mass is 10.1. The zero-order valence-corrected chi connectivity index (χ0v) is 14.9. The van der Waals surface area contributed by atoms with Crippen molar-refractivity contribution < 1.29 is 5.11 Å². The molecule has 0 saturated carbocycles. The predicted octanol–water partition coefficient (Wildman–Crippen LogP) is 4.16. The summed E-state index contributed by atoms with van der Waals surface area (Å²) >= 11 is 0. The first-order valence-corrected chi connectivity index (χ1v) is 9.12. The highest BCUT2D eigenvalue weighted by molar-refractivity contribution is 5.45. The fourth-order valence-corrected chi connectivity index (χ4v) is 2.86. The summed E-state index contributed by atoms with van der Waals surface area (Å²) in [6, 6.07) is 28.6. The molecule has 0 aliphatic rings. The Balaban J connectivity index is 1.39. The van der Waals surface area contributed by atoms with Gasteiger partial charge in [0.1, 0.15) is 0 Å². The topological polar surface area (TPSA) is 44.3 Å². The summed E-state index contributed by atoms with van der Waals surface area (Å²) in [5.41, 5.74) is 4.57. The van der Waals surface area contributed by atoms with Crippen molar-refractivity contribution in [2.75, 3.05) is 18.4 Å². The van der Waals surface area contributed by atoms with Gasteiger partial charge in [-0.3, -0.25) is 0 Å². The SMILES string of the molecule is OC(CNc1ccc(CCNCc2ccccc2)cc1)c1ccccc1. The molecule has 0 fully saturated rings. The van der Waals surface area contributed by atoms with Crippen molar-refractivity contribution >= 4 is 5.69 Å². The molecule has 0 aliphatic heterocycles. The summed E-state index contributed by atoms with van der Waals surface area (Å²) < 4.78 is 0. The molecule has 0 heterocycles. The quantitative estimate of drug-likeness (QED) is 0.510. The van der Waals surface area contributed by atoms with E-state index in [4.69, 9.17) is 0 Å². The molecule has 26 heavy (non-hydrogen) atoms.